The number of hydrogen-bond donors (Lipinski definition) is 2. The van der Waals surface area contributed by atoms with Crippen LogP contribution >= 0.6 is 11.8 Å². The smallest absolute Gasteiger partial charge is 0.238 e. The van der Waals surface area contributed by atoms with Crippen molar-refractivity contribution >= 4 is 23.5 Å². The number of aromatic amines is 1. The molecule has 144 valence electrons. The summed E-state index contributed by atoms with van der Waals surface area (Å²) in [4.78, 5) is 12.2. The van der Waals surface area contributed by atoms with Crippen LogP contribution in [0.2, 0.25) is 0 Å². The van der Waals surface area contributed by atoms with Crippen LogP contribution in [0, 0.1) is 12.7 Å². The third-order valence-corrected chi connectivity index (χ3v) is 6.11. The van der Waals surface area contributed by atoms with E-state index in [1.54, 1.807) is 23.9 Å². The van der Waals surface area contributed by atoms with Gasteiger partial charge in [0, 0.05) is 11.3 Å². The van der Waals surface area contributed by atoms with Gasteiger partial charge in [-0.3, -0.25) is 9.89 Å². The summed E-state index contributed by atoms with van der Waals surface area (Å²) < 4.78 is 18.8. The highest BCUT2D eigenvalue weighted by Gasteiger charge is 2.32. The summed E-state index contributed by atoms with van der Waals surface area (Å²) in [5.41, 5.74) is 3.93. The van der Waals surface area contributed by atoms with E-state index < -0.39 is 0 Å². The molecular weight excluding hydrogens is 377 g/mol. The number of halogens is 1. The number of hydrogen-bond acceptors (Lipinski definition) is 4. The Morgan fingerprint density at radius 2 is 1.86 bits per heavy atom. The lowest BCUT2D eigenvalue weighted by Crippen LogP contribution is -2.21. The van der Waals surface area contributed by atoms with Crippen molar-refractivity contribution in [2.75, 3.05) is 5.32 Å². The first-order valence-electron chi connectivity index (χ1n) is 8.99. The first-order valence-corrected chi connectivity index (χ1v) is 9.94. The topological polar surface area (TPSA) is 67.0 Å². The van der Waals surface area contributed by atoms with Crippen LogP contribution in [0.1, 0.15) is 34.6 Å². The standard InChI is InChI=1S/C21H20FN3O2S/c1-12-18-19(28-13(2)21(26)23-20(18)25-24-12)15-5-9-17(10-6-15)27-11-14-3-7-16(22)8-4-14/h3-10,13,19H,11H2,1-2H3,(H2,23,24,25,26)/t13-,19+/m1/s1. The molecule has 1 aromatic heterocycles. The lowest BCUT2D eigenvalue weighted by Gasteiger charge is -2.18. The molecule has 5 nitrogen and oxygen atoms in total. The van der Waals surface area contributed by atoms with Crippen molar-refractivity contribution in [3.05, 3.63) is 76.7 Å². The molecule has 2 aromatic carbocycles. The lowest BCUT2D eigenvalue weighted by atomic mass is 10.0. The van der Waals surface area contributed by atoms with Crippen LogP contribution in [0.4, 0.5) is 10.2 Å². The average molecular weight is 397 g/mol. The fourth-order valence-electron chi connectivity index (χ4n) is 3.14. The van der Waals surface area contributed by atoms with E-state index in [9.17, 15) is 9.18 Å². The fourth-order valence-corrected chi connectivity index (χ4v) is 4.47. The van der Waals surface area contributed by atoms with E-state index in [1.807, 2.05) is 38.1 Å². The zero-order valence-electron chi connectivity index (χ0n) is 15.5. The number of aryl methyl sites for hydroxylation is 1. The summed E-state index contributed by atoms with van der Waals surface area (Å²) in [5.74, 6) is 1.03. The molecule has 1 amide bonds. The molecule has 7 heteroatoms. The van der Waals surface area contributed by atoms with Gasteiger partial charge in [-0.25, -0.2) is 4.39 Å². The quantitative estimate of drug-likeness (QED) is 0.675. The number of rotatable bonds is 4. The van der Waals surface area contributed by atoms with Crippen LogP contribution in [-0.2, 0) is 11.4 Å². The summed E-state index contributed by atoms with van der Waals surface area (Å²) in [6, 6.07) is 14.1. The third kappa shape index (κ3) is 3.75. The van der Waals surface area contributed by atoms with Gasteiger partial charge in [0.05, 0.1) is 10.5 Å². The minimum absolute atomic E-state index is 0.00570. The Morgan fingerprint density at radius 1 is 1.14 bits per heavy atom. The van der Waals surface area contributed by atoms with Gasteiger partial charge >= 0.3 is 0 Å². The number of carbonyl (C=O) groups is 1. The van der Waals surface area contributed by atoms with Gasteiger partial charge in [-0.15, -0.1) is 11.8 Å². The highest BCUT2D eigenvalue weighted by Crippen LogP contribution is 2.44. The number of fused-ring (bicyclic) bond motifs is 1. The molecule has 0 aliphatic carbocycles. The zero-order valence-corrected chi connectivity index (χ0v) is 16.3. The molecule has 3 aromatic rings. The van der Waals surface area contributed by atoms with Gasteiger partial charge in [0.15, 0.2) is 5.82 Å². The molecular formula is C21H20FN3O2S. The molecule has 2 heterocycles. The molecule has 1 aliphatic heterocycles. The van der Waals surface area contributed by atoms with Crippen LogP contribution in [0.5, 0.6) is 5.75 Å². The second kappa shape index (κ2) is 7.67. The Kier molecular flexibility index (Phi) is 5.09. The Hall–Kier alpha value is -2.80. The maximum Gasteiger partial charge on any atom is 0.238 e. The number of anilines is 1. The summed E-state index contributed by atoms with van der Waals surface area (Å²) in [5, 5.41) is 9.91. The number of H-pyrrole nitrogens is 1. The maximum absolute atomic E-state index is 13.0. The molecule has 4 rings (SSSR count). The summed E-state index contributed by atoms with van der Waals surface area (Å²) in [6.07, 6.45) is 0. The number of carbonyl (C=O) groups excluding carboxylic acids is 1. The van der Waals surface area contributed by atoms with Crippen LogP contribution in [0.15, 0.2) is 48.5 Å². The number of aromatic nitrogens is 2. The van der Waals surface area contributed by atoms with Gasteiger partial charge in [-0.2, -0.15) is 5.10 Å². The fraction of sp³-hybridized carbons (Fsp3) is 0.238. The predicted octanol–water partition coefficient (Wildman–Crippen LogP) is 4.60. The monoisotopic (exact) mass is 397 g/mol. The van der Waals surface area contributed by atoms with E-state index in [1.165, 1.54) is 12.1 Å². The Bertz CT molecular complexity index is 986. The number of thioether (sulfide) groups is 1. The molecule has 1 aliphatic rings. The molecule has 2 N–H and O–H groups in total. The molecule has 0 radical (unpaired) electrons. The minimum atomic E-state index is -0.259. The molecule has 0 fully saturated rings. The largest absolute Gasteiger partial charge is 0.489 e. The van der Waals surface area contributed by atoms with E-state index in [4.69, 9.17) is 4.74 Å². The summed E-state index contributed by atoms with van der Waals surface area (Å²) in [7, 11) is 0. The second-order valence-electron chi connectivity index (χ2n) is 6.74. The van der Waals surface area contributed by atoms with E-state index in [0.717, 1.165) is 28.1 Å². The molecule has 0 saturated heterocycles. The van der Waals surface area contributed by atoms with Gasteiger partial charge in [-0.05, 0) is 49.2 Å². The predicted molar refractivity (Wildman–Crippen MR) is 108 cm³/mol. The van der Waals surface area contributed by atoms with Crippen molar-refractivity contribution < 1.29 is 13.9 Å². The maximum atomic E-state index is 13.0. The lowest BCUT2D eigenvalue weighted by molar-refractivity contribution is -0.115. The molecule has 0 spiro atoms. The SMILES string of the molecule is Cc1[nH]nc2c1[C@H](c1ccc(OCc3ccc(F)cc3)cc1)S[C@H](C)C(=O)N2. The highest BCUT2D eigenvalue weighted by atomic mass is 32.2. The van der Waals surface area contributed by atoms with E-state index in [-0.39, 0.29) is 22.2 Å². The summed E-state index contributed by atoms with van der Waals surface area (Å²) in [6.45, 7) is 4.23. The van der Waals surface area contributed by atoms with Crippen molar-refractivity contribution in [1.82, 2.24) is 10.2 Å². The summed E-state index contributed by atoms with van der Waals surface area (Å²) >= 11 is 1.60. The molecule has 2 atom stereocenters. The average Bonchev–Trinajstić information content (AvgIpc) is 2.99. The Morgan fingerprint density at radius 3 is 2.57 bits per heavy atom. The number of nitrogens with zero attached hydrogens (tertiary/aromatic N) is 1. The van der Waals surface area contributed by atoms with Crippen molar-refractivity contribution in [2.45, 2.75) is 31.0 Å². The van der Waals surface area contributed by atoms with Crippen LogP contribution < -0.4 is 10.1 Å². The molecule has 0 unspecified atom stereocenters. The van der Waals surface area contributed by atoms with Crippen molar-refractivity contribution in [2.24, 2.45) is 0 Å². The molecule has 0 bridgehead atoms. The van der Waals surface area contributed by atoms with E-state index in [2.05, 4.69) is 15.5 Å². The van der Waals surface area contributed by atoms with Crippen molar-refractivity contribution in [3.8, 4) is 5.75 Å². The van der Waals surface area contributed by atoms with Crippen molar-refractivity contribution in [1.29, 1.82) is 0 Å². The van der Waals surface area contributed by atoms with Crippen molar-refractivity contribution in [3.63, 3.8) is 0 Å². The number of ether oxygens (including phenoxy) is 1. The van der Waals surface area contributed by atoms with Crippen LogP contribution in [0.3, 0.4) is 0 Å². The van der Waals surface area contributed by atoms with Gasteiger partial charge in [-0.1, -0.05) is 24.3 Å². The first kappa shape index (κ1) is 18.6. The molecule has 28 heavy (non-hydrogen) atoms. The van der Waals surface area contributed by atoms with Gasteiger partial charge in [0.1, 0.15) is 18.2 Å². The number of nitrogens with one attached hydrogen (secondary N) is 2. The van der Waals surface area contributed by atoms with Crippen LogP contribution in [-0.4, -0.2) is 21.4 Å². The third-order valence-electron chi connectivity index (χ3n) is 4.71. The highest BCUT2D eigenvalue weighted by molar-refractivity contribution is 8.01. The van der Waals surface area contributed by atoms with Crippen LogP contribution in [0.25, 0.3) is 0 Å². The first-order chi connectivity index (χ1) is 13.5. The number of amides is 1. The Balaban J connectivity index is 1.53. The second-order valence-corrected chi connectivity index (χ2v) is 8.19. The molecule has 0 saturated carbocycles. The van der Waals surface area contributed by atoms with Gasteiger partial charge < -0.3 is 10.1 Å². The van der Waals surface area contributed by atoms with E-state index >= 15 is 0 Å². The minimum Gasteiger partial charge on any atom is -0.489 e. The zero-order chi connectivity index (χ0) is 19.7. The normalized spacial score (nSPS) is 18.9. The van der Waals surface area contributed by atoms with Gasteiger partial charge in [0.25, 0.3) is 0 Å². The van der Waals surface area contributed by atoms with Gasteiger partial charge in [0.2, 0.25) is 5.91 Å². The Labute approximate surface area is 166 Å². The van der Waals surface area contributed by atoms with E-state index in [0.29, 0.717) is 12.4 Å². The number of benzene rings is 2.